The maximum Gasteiger partial charge on any atom is 0.371 e. The van der Waals surface area contributed by atoms with Crippen molar-refractivity contribution >= 4 is 11.9 Å². The topological polar surface area (TPSA) is 82.7 Å². The first-order valence-electron chi connectivity index (χ1n) is 5.90. The molecule has 0 spiro atoms. The lowest BCUT2D eigenvalue weighted by molar-refractivity contribution is 0.0663. The number of hydrogen-bond donors (Lipinski definition) is 3. The monoisotopic (exact) mass is 239 g/mol. The van der Waals surface area contributed by atoms with Gasteiger partial charge in [-0.05, 0) is 37.7 Å². The lowest BCUT2D eigenvalue weighted by Gasteiger charge is -2.25. The zero-order chi connectivity index (χ0) is 12.3. The summed E-state index contributed by atoms with van der Waals surface area (Å²) in [5.41, 5.74) is 0. The van der Waals surface area contributed by atoms with Crippen molar-refractivity contribution in [3.63, 3.8) is 0 Å². The fourth-order valence-corrected chi connectivity index (χ4v) is 2.14. The highest BCUT2D eigenvalue weighted by molar-refractivity contribution is 5.84. The highest BCUT2D eigenvalue weighted by atomic mass is 16.4. The number of hydrogen-bond acceptors (Lipinski definition) is 4. The van der Waals surface area contributed by atoms with Crippen LogP contribution in [0.15, 0.2) is 16.5 Å². The lowest BCUT2D eigenvalue weighted by Crippen LogP contribution is -2.23. The average molecular weight is 239 g/mol. The molecule has 0 amide bonds. The Labute approximate surface area is 99.4 Å². The molecule has 0 bridgehead atoms. The quantitative estimate of drug-likeness (QED) is 0.748. The highest BCUT2D eigenvalue weighted by Crippen LogP contribution is 2.24. The third-order valence-corrected chi connectivity index (χ3v) is 3.20. The number of nitrogens with one attached hydrogen (secondary N) is 1. The van der Waals surface area contributed by atoms with Crippen LogP contribution in [0.2, 0.25) is 0 Å². The Morgan fingerprint density at radius 1 is 1.35 bits per heavy atom. The van der Waals surface area contributed by atoms with Crippen molar-refractivity contribution in [3.8, 4) is 0 Å². The zero-order valence-corrected chi connectivity index (χ0v) is 9.56. The molecule has 0 aliphatic heterocycles. The van der Waals surface area contributed by atoms with Gasteiger partial charge in [-0.1, -0.05) is 0 Å². The summed E-state index contributed by atoms with van der Waals surface area (Å²) in [6.45, 7) is 0.763. The van der Waals surface area contributed by atoms with Crippen LogP contribution < -0.4 is 5.32 Å². The Bertz CT molecular complexity index is 380. The van der Waals surface area contributed by atoms with Crippen LogP contribution in [0.3, 0.4) is 0 Å². The van der Waals surface area contributed by atoms with Gasteiger partial charge in [-0.3, -0.25) is 0 Å². The molecule has 94 valence electrons. The van der Waals surface area contributed by atoms with E-state index in [-0.39, 0.29) is 11.9 Å². The van der Waals surface area contributed by atoms with Gasteiger partial charge in [0.2, 0.25) is 5.76 Å². The van der Waals surface area contributed by atoms with Gasteiger partial charge in [-0.15, -0.1) is 0 Å². The molecule has 3 N–H and O–H groups in total. The number of furan rings is 1. The smallest absolute Gasteiger partial charge is 0.371 e. The molecule has 1 aromatic heterocycles. The fraction of sp³-hybridized carbons (Fsp3) is 0.583. The van der Waals surface area contributed by atoms with Crippen LogP contribution in [0.25, 0.3) is 0 Å². The fourth-order valence-electron chi connectivity index (χ4n) is 2.14. The molecule has 0 unspecified atom stereocenters. The molecular weight excluding hydrogens is 222 g/mol. The van der Waals surface area contributed by atoms with E-state index in [4.69, 9.17) is 9.52 Å². The summed E-state index contributed by atoms with van der Waals surface area (Å²) in [6, 6.07) is 3.07. The second-order valence-corrected chi connectivity index (χ2v) is 4.52. The van der Waals surface area contributed by atoms with Crippen LogP contribution in [0.1, 0.15) is 36.2 Å². The Morgan fingerprint density at radius 3 is 2.65 bits per heavy atom. The molecule has 1 fully saturated rings. The Balaban J connectivity index is 1.79. The maximum atomic E-state index is 10.6. The van der Waals surface area contributed by atoms with Crippen molar-refractivity contribution < 1.29 is 19.4 Å². The molecule has 5 nitrogen and oxygen atoms in total. The molecule has 1 aromatic rings. The van der Waals surface area contributed by atoms with Crippen LogP contribution in [0, 0.1) is 5.92 Å². The van der Waals surface area contributed by atoms with Gasteiger partial charge >= 0.3 is 5.97 Å². The van der Waals surface area contributed by atoms with E-state index < -0.39 is 5.97 Å². The first-order valence-corrected chi connectivity index (χ1v) is 5.90. The molecule has 5 heteroatoms. The van der Waals surface area contributed by atoms with E-state index in [0.717, 1.165) is 32.2 Å². The van der Waals surface area contributed by atoms with E-state index in [2.05, 4.69) is 5.32 Å². The summed E-state index contributed by atoms with van der Waals surface area (Å²) >= 11 is 0. The third-order valence-electron chi connectivity index (χ3n) is 3.20. The first-order chi connectivity index (χ1) is 8.15. The second-order valence-electron chi connectivity index (χ2n) is 4.52. The number of aliphatic hydroxyl groups is 1. The van der Waals surface area contributed by atoms with E-state index >= 15 is 0 Å². The van der Waals surface area contributed by atoms with E-state index in [0.29, 0.717) is 11.8 Å². The van der Waals surface area contributed by atoms with Gasteiger partial charge in [0.25, 0.3) is 0 Å². The largest absolute Gasteiger partial charge is 0.475 e. The molecule has 0 saturated heterocycles. The summed E-state index contributed by atoms with van der Waals surface area (Å²) in [6.07, 6.45) is 3.56. The number of carbonyl (C=O) groups is 1. The molecular formula is C12H17NO4. The molecule has 1 heterocycles. The van der Waals surface area contributed by atoms with E-state index in [1.807, 2.05) is 0 Å². The molecule has 1 saturated carbocycles. The van der Waals surface area contributed by atoms with Gasteiger partial charge in [0, 0.05) is 12.6 Å². The standard InChI is InChI=1S/C12H17NO4/c14-9-3-1-8(2-4-9)7-13-11-6-5-10(17-11)12(15)16/h5-6,8-9,13-14H,1-4,7H2,(H,15,16). The van der Waals surface area contributed by atoms with Crippen molar-refractivity contribution in [3.05, 3.63) is 17.9 Å². The van der Waals surface area contributed by atoms with Crippen molar-refractivity contribution in [2.24, 2.45) is 5.92 Å². The summed E-state index contributed by atoms with van der Waals surface area (Å²) < 4.78 is 5.10. The second kappa shape index (κ2) is 5.23. The van der Waals surface area contributed by atoms with Crippen molar-refractivity contribution in [1.29, 1.82) is 0 Å². The molecule has 17 heavy (non-hydrogen) atoms. The van der Waals surface area contributed by atoms with Gasteiger partial charge in [0.1, 0.15) is 0 Å². The molecule has 0 radical (unpaired) electrons. The number of rotatable bonds is 4. The minimum atomic E-state index is -1.06. The summed E-state index contributed by atoms with van der Waals surface area (Å²) in [7, 11) is 0. The Kier molecular flexibility index (Phi) is 3.68. The SMILES string of the molecule is O=C(O)c1ccc(NCC2CCC(O)CC2)o1. The van der Waals surface area contributed by atoms with Crippen molar-refractivity contribution in [1.82, 2.24) is 0 Å². The summed E-state index contributed by atoms with van der Waals surface area (Å²) in [4.78, 5) is 10.6. The van der Waals surface area contributed by atoms with Gasteiger partial charge in [0.15, 0.2) is 5.88 Å². The van der Waals surface area contributed by atoms with Crippen LogP contribution in [0.5, 0.6) is 0 Å². The predicted octanol–water partition coefficient (Wildman–Crippen LogP) is 1.94. The van der Waals surface area contributed by atoms with Crippen LogP contribution >= 0.6 is 0 Å². The van der Waals surface area contributed by atoms with Crippen LogP contribution in [-0.2, 0) is 0 Å². The summed E-state index contributed by atoms with van der Waals surface area (Å²) in [5, 5.41) is 21.2. The van der Waals surface area contributed by atoms with Gasteiger partial charge < -0.3 is 19.9 Å². The first kappa shape index (κ1) is 12.0. The molecule has 2 rings (SSSR count). The third kappa shape index (κ3) is 3.23. The minimum absolute atomic E-state index is 0.0495. The molecule has 0 atom stereocenters. The van der Waals surface area contributed by atoms with Gasteiger partial charge in [-0.2, -0.15) is 0 Å². The normalized spacial score (nSPS) is 24.5. The minimum Gasteiger partial charge on any atom is -0.475 e. The molecule has 1 aliphatic carbocycles. The predicted molar refractivity (Wildman–Crippen MR) is 62.1 cm³/mol. The number of carboxylic acid groups (broad SMARTS) is 1. The van der Waals surface area contributed by atoms with Crippen molar-refractivity contribution in [2.75, 3.05) is 11.9 Å². The maximum absolute atomic E-state index is 10.6. The Morgan fingerprint density at radius 2 is 2.06 bits per heavy atom. The number of carboxylic acids is 1. The number of aliphatic hydroxyl groups excluding tert-OH is 1. The Hall–Kier alpha value is -1.49. The van der Waals surface area contributed by atoms with Gasteiger partial charge in [-0.25, -0.2) is 4.79 Å². The average Bonchev–Trinajstić information content (AvgIpc) is 2.77. The van der Waals surface area contributed by atoms with E-state index in [9.17, 15) is 9.90 Å². The van der Waals surface area contributed by atoms with Crippen LogP contribution in [0.4, 0.5) is 5.88 Å². The van der Waals surface area contributed by atoms with E-state index in [1.165, 1.54) is 6.07 Å². The zero-order valence-electron chi connectivity index (χ0n) is 9.56. The molecule has 0 aromatic carbocycles. The lowest BCUT2D eigenvalue weighted by atomic mass is 9.87. The number of anilines is 1. The van der Waals surface area contributed by atoms with Crippen LogP contribution in [-0.4, -0.2) is 28.8 Å². The van der Waals surface area contributed by atoms with Crippen molar-refractivity contribution in [2.45, 2.75) is 31.8 Å². The van der Waals surface area contributed by atoms with Gasteiger partial charge in [0.05, 0.1) is 6.10 Å². The van der Waals surface area contributed by atoms with E-state index in [1.54, 1.807) is 6.07 Å². The summed E-state index contributed by atoms with van der Waals surface area (Å²) in [5.74, 6) is -0.0873. The number of aromatic carboxylic acids is 1. The molecule has 1 aliphatic rings. The highest BCUT2D eigenvalue weighted by Gasteiger charge is 2.19.